The number of hydrogen-bond donors (Lipinski definition) is 0. The Morgan fingerprint density at radius 3 is 1.21 bits per heavy atom. The van der Waals surface area contributed by atoms with Crippen LogP contribution in [0.25, 0.3) is 22.3 Å². The first-order valence-electron chi connectivity index (χ1n) is 7.29. The van der Waals surface area contributed by atoms with Gasteiger partial charge in [-0.25, -0.2) is 0 Å². The fourth-order valence-corrected chi connectivity index (χ4v) is 2.65. The minimum atomic E-state index is -1.36. The molecule has 3 rings (SSSR count). The predicted octanol–water partition coefficient (Wildman–Crippen LogP) is 1.75. The van der Waals surface area contributed by atoms with E-state index in [0.29, 0.717) is 11.1 Å². The highest BCUT2D eigenvalue weighted by atomic mass is 16.4. The van der Waals surface area contributed by atoms with E-state index in [0.717, 1.165) is 0 Å². The van der Waals surface area contributed by atoms with Crippen LogP contribution in [0.1, 0.15) is 20.7 Å². The molecule has 0 aliphatic carbocycles. The van der Waals surface area contributed by atoms with Crippen molar-refractivity contribution in [2.24, 2.45) is 0 Å². The zero-order valence-corrected chi connectivity index (χ0v) is 12.6. The Labute approximate surface area is 138 Å². The van der Waals surface area contributed by atoms with E-state index in [1.165, 1.54) is 12.1 Å². The van der Waals surface area contributed by atoms with Gasteiger partial charge in [-0.15, -0.1) is 0 Å². The summed E-state index contributed by atoms with van der Waals surface area (Å²) >= 11 is 0. The maximum atomic E-state index is 11.6. The van der Waals surface area contributed by atoms with Gasteiger partial charge in [0, 0.05) is 11.1 Å². The summed E-state index contributed by atoms with van der Waals surface area (Å²) in [5, 5.41) is 23.2. The monoisotopic (exact) mass is 316 g/mol. The van der Waals surface area contributed by atoms with E-state index in [-0.39, 0.29) is 22.3 Å². The second kappa shape index (κ2) is 6.38. The molecule has 0 aliphatic heterocycles. The van der Waals surface area contributed by atoms with Gasteiger partial charge in [-0.3, -0.25) is 0 Å². The van der Waals surface area contributed by atoms with Crippen LogP contribution in [0, 0.1) is 0 Å². The molecule has 0 unspecified atom stereocenters. The summed E-state index contributed by atoms with van der Waals surface area (Å²) in [6, 6.07) is 20.1. The Morgan fingerprint density at radius 1 is 0.583 bits per heavy atom. The Hall–Kier alpha value is -3.40. The van der Waals surface area contributed by atoms with Crippen molar-refractivity contribution in [1.82, 2.24) is 0 Å². The Bertz CT molecular complexity index is 822. The van der Waals surface area contributed by atoms with E-state index in [1.54, 1.807) is 60.7 Å². The summed E-state index contributed by atoms with van der Waals surface area (Å²) < 4.78 is 0. The molecule has 0 fully saturated rings. The molecule has 0 heterocycles. The summed E-state index contributed by atoms with van der Waals surface area (Å²) in [5.74, 6) is -2.73. The topological polar surface area (TPSA) is 80.3 Å². The van der Waals surface area contributed by atoms with Crippen molar-refractivity contribution in [2.45, 2.75) is 0 Å². The van der Waals surface area contributed by atoms with Gasteiger partial charge >= 0.3 is 0 Å². The zero-order valence-electron chi connectivity index (χ0n) is 12.6. The van der Waals surface area contributed by atoms with Crippen molar-refractivity contribution >= 4 is 11.9 Å². The molecule has 4 nitrogen and oxygen atoms in total. The molecule has 3 aromatic rings. The lowest BCUT2D eigenvalue weighted by Gasteiger charge is -2.18. The van der Waals surface area contributed by atoms with Gasteiger partial charge in [0.05, 0.1) is 11.9 Å². The first-order chi connectivity index (χ1) is 11.6. The summed E-state index contributed by atoms with van der Waals surface area (Å²) in [4.78, 5) is 23.2. The highest BCUT2D eigenvalue weighted by molar-refractivity contribution is 6.03. The second-order valence-electron chi connectivity index (χ2n) is 5.25. The molecule has 0 amide bonds. The third-order valence-electron chi connectivity index (χ3n) is 3.77. The number of carboxylic acids is 2. The molecule has 0 radical (unpaired) electrons. The number of rotatable bonds is 4. The van der Waals surface area contributed by atoms with Crippen LogP contribution in [0.15, 0.2) is 72.8 Å². The third-order valence-corrected chi connectivity index (χ3v) is 3.77. The van der Waals surface area contributed by atoms with Gasteiger partial charge < -0.3 is 19.8 Å². The van der Waals surface area contributed by atoms with E-state index in [1.807, 2.05) is 0 Å². The van der Waals surface area contributed by atoms with Gasteiger partial charge in [-0.05, 0) is 34.4 Å². The molecule has 4 heteroatoms. The molecule has 3 aromatic carbocycles. The van der Waals surface area contributed by atoms with Crippen LogP contribution in [-0.4, -0.2) is 11.9 Å². The highest BCUT2D eigenvalue weighted by Crippen LogP contribution is 2.32. The third kappa shape index (κ3) is 2.90. The van der Waals surface area contributed by atoms with Crippen molar-refractivity contribution in [1.29, 1.82) is 0 Å². The Balaban J connectivity index is 2.32. The lowest BCUT2D eigenvalue weighted by atomic mass is 9.90. The minimum absolute atomic E-state index is 0.0648. The standard InChI is InChI=1S/C20H14O4/c21-19(22)17-12-16(14-9-5-2-6-10-14)18(20(23)24)11-15(17)13-7-3-1-4-8-13/h1-12H,(H,21,22)(H,23,24)/p-2. The second-order valence-corrected chi connectivity index (χ2v) is 5.25. The van der Waals surface area contributed by atoms with E-state index >= 15 is 0 Å². The highest BCUT2D eigenvalue weighted by Gasteiger charge is 2.14. The van der Waals surface area contributed by atoms with Crippen LogP contribution in [0.3, 0.4) is 0 Å². The molecule has 0 saturated heterocycles. The summed E-state index contributed by atoms with van der Waals surface area (Å²) in [7, 11) is 0. The number of benzene rings is 3. The Kier molecular flexibility index (Phi) is 4.12. The fourth-order valence-electron chi connectivity index (χ4n) is 2.65. The molecule has 24 heavy (non-hydrogen) atoms. The van der Waals surface area contributed by atoms with Crippen molar-refractivity contribution in [2.75, 3.05) is 0 Å². The van der Waals surface area contributed by atoms with E-state index in [2.05, 4.69) is 0 Å². The summed E-state index contributed by atoms with van der Waals surface area (Å²) in [5.41, 5.74) is 1.64. The number of aromatic carboxylic acids is 2. The van der Waals surface area contributed by atoms with Crippen LogP contribution >= 0.6 is 0 Å². The van der Waals surface area contributed by atoms with Crippen LogP contribution < -0.4 is 10.2 Å². The first kappa shape index (κ1) is 15.5. The van der Waals surface area contributed by atoms with Crippen LogP contribution in [0.5, 0.6) is 0 Å². The van der Waals surface area contributed by atoms with Gasteiger partial charge in [0.1, 0.15) is 0 Å². The summed E-state index contributed by atoms with van der Waals surface area (Å²) in [6.45, 7) is 0. The smallest absolute Gasteiger partial charge is 0.0721 e. The van der Waals surface area contributed by atoms with Crippen molar-refractivity contribution < 1.29 is 19.8 Å². The molecule has 0 spiro atoms. The fraction of sp³-hybridized carbons (Fsp3) is 0. The summed E-state index contributed by atoms with van der Waals surface area (Å²) in [6.07, 6.45) is 0. The zero-order chi connectivity index (χ0) is 17.1. The van der Waals surface area contributed by atoms with E-state index < -0.39 is 11.9 Å². The van der Waals surface area contributed by atoms with Crippen molar-refractivity contribution in [3.8, 4) is 22.3 Å². The predicted molar refractivity (Wildman–Crippen MR) is 86.0 cm³/mol. The number of carbonyl (C=O) groups excluding carboxylic acids is 2. The molecule has 118 valence electrons. The minimum Gasteiger partial charge on any atom is -0.545 e. The molecule has 0 saturated carbocycles. The van der Waals surface area contributed by atoms with Crippen LogP contribution in [-0.2, 0) is 0 Å². The van der Waals surface area contributed by atoms with E-state index in [4.69, 9.17) is 0 Å². The average molecular weight is 316 g/mol. The quantitative estimate of drug-likeness (QED) is 0.734. The SMILES string of the molecule is O=C([O-])c1cc(-c2ccccc2)c(C(=O)[O-])cc1-c1ccccc1. The molecular weight excluding hydrogens is 304 g/mol. The lowest BCUT2D eigenvalue weighted by molar-refractivity contribution is -0.256. The van der Waals surface area contributed by atoms with Gasteiger partial charge in [0.2, 0.25) is 0 Å². The van der Waals surface area contributed by atoms with E-state index in [9.17, 15) is 19.8 Å². The maximum Gasteiger partial charge on any atom is 0.0721 e. The van der Waals surface area contributed by atoms with Crippen LogP contribution in [0.4, 0.5) is 0 Å². The van der Waals surface area contributed by atoms with Gasteiger partial charge in [0.15, 0.2) is 0 Å². The number of carbonyl (C=O) groups is 2. The van der Waals surface area contributed by atoms with Crippen molar-refractivity contribution in [3.05, 3.63) is 83.9 Å². The lowest BCUT2D eigenvalue weighted by Crippen LogP contribution is -2.26. The van der Waals surface area contributed by atoms with Gasteiger partial charge in [-0.2, -0.15) is 0 Å². The Morgan fingerprint density at radius 2 is 0.917 bits per heavy atom. The maximum absolute atomic E-state index is 11.6. The van der Waals surface area contributed by atoms with Gasteiger partial charge in [0.25, 0.3) is 0 Å². The van der Waals surface area contributed by atoms with Gasteiger partial charge in [-0.1, -0.05) is 60.7 Å². The average Bonchev–Trinajstić information content (AvgIpc) is 2.62. The molecule has 0 N–H and O–H groups in total. The molecular formula is C20H12O4-2. The first-order valence-corrected chi connectivity index (χ1v) is 7.29. The number of carboxylic acid groups (broad SMARTS) is 2. The molecule has 0 bridgehead atoms. The van der Waals surface area contributed by atoms with Crippen LogP contribution in [0.2, 0.25) is 0 Å². The van der Waals surface area contributed by atoms with Crippen molar-refractivity contribution in [3.63, 3.8) is 0 Å². The number of hydrogen-bond acceptors (Lipinski definition) is 4. The molecule has 0 aromatic heterocycles. The largest absolute Gasteiger partial charge is 0.545 e. The molecule has 0 aliphatic rings. The normalized spacial score (nSPS) is 10.3. The molecule has 0 atom stereocenters.